The Morgan fingerprint density at radius 2 is 2.28 bits per heavy atom. The Balaban J connectivity index is 1.96. The highest BCUT2D eigenvalue weighted by atomic mass is 16.5. The first-order valence-corrected chi connectivity index (χ1v) is 8.55. The Labute approximate surface area is 148 Å². The first kappa shape index (κ1) is 19.2. The van der Waals surface area contributed by atoms with Crippen molar-refractivity contribution in [2.75, 3.05) is 40.1 Å². The summed E-state index contributed by atoms with van der Waals surface area (Å²) in [5.74, 6) is 0.309. The topological polar surface area (TPSA) is 78.4 Å². The second kappa shape index (κ2) is 10.7. The van der Waals surface area contributed by atoms with Crippen molar-refractivity contribution in [1.29, 1.82) is 0 Å². The van der Waals surface area contributed by atoms with Gasteiger partial charge in [-0.05, 0) is 38.0 Å². The summed E-state index contributed by atoms with van der Waals surface area (Å²) in [4.78, 5) is 16.8. The standard InChI is InChI=1S/C18H26N2O5/c1-3-23-10-11-25-18(19-13-16-8-5-9-24-16)20-17(21)14-6-4-7-15(12-14)22-2/h4,6-7,12,16H,3,5,8-11,13H2,1-2H3,(H,19,20,21)/t16-/m1/s1. The van der Waals surface area contributed by atoms with Gasteiger partial charge in [0, 0.05) is 18.8 Å². The van der Waals surface area contributed by atoms with Gasteiger partial charge in [0.1, 0.15) is 12.4 Å². The van der Waals surface area contributed by atoms with Gasteiger partial charge in [0.15, 0.2) is 0 Å². The van der Waals surface area contributed by atoms with Crippen LogP contribution in [0, 0.1) is 0 Å². The lowest BCUT2D eigenvalue weighted by molar-refractivity contribution is 0.0913. The Bertz CT molecular complexity index is 570. The van der Waals surface area contributed by atoms with Crippen molar-refractivity contribution in [1.82, 2.24) is 5.32 Å². The lowest BCUT2D eigenvalue weighted by Gasteiger charge is -2.13. The Morgan fingerprint density at radius 1 is 1.40 bits per heavy atom. The van der Waals surface area contributed by atoms with Crippen LogP contribution in [-0.4, -0.2) is 58.1 Å². The van der Waals surface area contributed by atoms with Gasteiger partial charge in [0.25, 0.3) is 11.9 Å². The van der Waals surface area contributed by atoms with E-state index >= 15 is 0 Å². The number of carbonyl (C=O) groups is 1. The summed E-state index contributed by atoms with van der Waals surface area (Å²) in [6.45, 7) is 4.50. The molecule has 1 aromatic rings. The number of amidine groups is 1. The molecule has 7 heteroatoms. The molecule has 0 radical (unpaired) electrons. The molecule has 25 heavy (non-hydrogen) atoms. The zero-order valence-electron chi connectivity index (χ0n) is 14.8. The summed E-state index contributed by atoms with van der Waals surface area (Å²) in [5, 5.41) is 2.71. The molecule has 1 saturated heterocycles. The summed E-state index contributed by atoms with van der Waals surface area (Å²) in [6, 6.07) is 7.08. The van der Waals surface area contributed by atoms with Crippen molar-refractivity contribution in [3.05, 3.63) is 29.8 Å². The lowest BCUT2D eigenvalue weighted by atomic mass is 10.2. The molecule has 1 aliphatic rings. The maximum absolute atomic E-state index is 12.4. The van der Waals surface area contributed by atoms with E-state index in [2.05, 4.69) is 10.3 Å². The van der Waals surface area contributed by atoms with Crippen LogP contribution < -0.4 is 10.1 Å². The first-order valence-electron chi connectivity index (χ1n) is 8.55. The molecular formula is C18H26N2O5. The number of hydrogen-bond donors (Lipinski definition) is 1. The van der Waals surface area contributed by atoms with E-state index in [1.54, 1.807) is 31.4 Å². The Kier molecular flexibility index (Phi) is 8.21. The van der Waals surface area contributed by atoms with E-state index < -0.39 is 0 Å². The predicted molar refractivity (Wildman–Crippen MR) is 94.2 cm³/mol. The maximum Gasteiger partial charge on any atom is 0.291 e. The van der Waals surface area contributed by atoms with E-state index in [0.717, 1.165) is 19.4 Å². The minimum Gasteiger partial charge on any atom is -0.497 e. The molecule has 1 aliphatic heterocycles. The van der Waals surface area contributed by atoms with E-state index in [1.807, 2.05) is 6.92 Å². The van der Waals surface area contributed by atoms with Gasteiger partial charge in [0.05, 0.1) is 26.4 Å². The van der Waals surface area contributed by atoms with E-state index in [0.29, 0.717) is 37.7 Å². The summed E-state index contributed by atoms with van der Waals surface area (Å²) in [7, 11) is 1.56. The van der Waals surface area contributed by atoms with Crippen molar-refractivity contribution >= 4 is 11.9 Å². The SMILES string of the molecule is CCOCCOC(=NC[C@H]1CCCO1)NC(=O)c1cccc(OC)c1. The summed E-state index contributed by atoms with van der Waals surface area (Å²) in [5.41, 5.74) is 0.470. The second-order valence-electron chi connectivity index (χ2n) is 5.51. The van der Waals surface area contributed by atoms with Crippen LogP contribution in [0.4, 0.5) is 0 Å². The smallest absolute Gasteiger partial charge is 0.291 e. The van der Waals surface area contributed by atoms with Crippen LogP contribution in [0.2, 0.25) is 0 Å². The van der Waals surface area contributed by atoms with Gasteiger partial charge in [-0.1, -0.05) is 6.07 Å². The van der Waals surface area contributed by atoms with Crippen LogP contribution >= 0.6 is 0 Å². The number of nitrogens with zero attached hydrogens (tertiary/aromatic N) is 1. The van der Waals surface area contributed by atoms with Crippen molar-refractivity contribution in [3.8, 4) is 5.75 Å². The number of nitrogens with one attached hydrogen (secondary N) is 1. The van der Waals surface area contributed by atoms with Gasteiger partial charge in [-0.25, -0.2) is 4.99 Å². The number of ether oxygens (including phenoxy) is 4. The third-order valence-electron chi connectivity index (χ3n) is 3.69. The third-order valence-corrected chi connectivity index (χ3v) is 3.69. The number of carbonyl (C=O) groups excluding carboxylic acids is 1. The molecule has 1 heterocycles. The highest BCUT2D eigenvalue weighted by Gasteiger charge is 2.16. The van der Waals surface area contributed by atoms with Crippen LogP contribution in [0.5, 0.6) is 5.75 Å². The number of amides is 1. The molecule has 1 fully saturated rings. The molecule has 138 valence electrons. The number of methoxy groups -OCH3 is 1. The highest BCUT2D eigenvalue weighted by Crippen LogP contribution is 2.13. The minimum atomic E-state index is -0.304. The number of hydrogen-bond acceptors (Lipinski definition) is 6. The van der Waals surface area contributed by atoms with Crippen molar-refractivity contribution in [2.24, 2.45) is 4.99 Å². The number of rotatable bonds is 8. The van der Waals surface area contributed by atoms with Crippen LogP contribution in [0.1, 0.15) is 30.1 Å². The quantitative estimate of drug-likeness (QED) is 0.441. The van der Waals surface area contributed by atoms with Gasteiger partial charge >= 0.3 is 0 Å². The molecule has 0 bridgehead atoms. The van der Waals surface area contributed by atoms with Gasteiger partial charge in [-0.15, -0.1) is 0 Å². The van der Waals surface area contributed by atoms with Crippen LogP contribution in [0.25, 0.3) is 0 Å². The average molecular weight is 350 g/mol. The lowest BCUT2D eigenvalue weighted by Crippen LogP contribution is -2.34. The highest BCUT2D eigenvalue weighted by molar-refractivity contribution is 6.04. The van der Waals surface area contributed by atoms with Crippen molar-refractivity contribution in [3.63, 3.8) is 0 Å². The predicted octanol–water partition coefficient (Wildman–Crippen LogP) is 2.01. The summed E-state index contributed by atoms with van der Waals surface area (Å²) >= 11 is 0. The maximum atomic E-state index is 12.4. The van der Waals surface area contributed by atoms with Crippen LogP contribution in [-0.2, 0) is 14.2 Å². The van der Waals surface area contributed by atoms with E-state index in [1.165, 1.54) is 0 Å². The fraction of sp³-hybridized carbons (Fsp3) is 0.556. The van der Waals surface area contributed by atoms with E-state index in [-0.39, 0.29) is 18.0 Å². The second-order valence-corrected chi connectivity index (χ2v) is 5.51. The van der Waals surface area contributed by atoms with E-state index in [4.69, 9.17) is 18.9 Å². The molecule has 0 spiro atoms. The van der Waals surface area contributed by atoms with Crippen LogP contribution in [0.3, 0.4) is 0 Å². The molecule has 1 amide bonds. The van der Waals surface area contributed by atoms with Crippen molar-refractivity contribution < 1.29 is 23.7 Å². The molecule has 0 saturated carbocycles. The van der Waals surface area contributed by atoms with Gasteiger partial charge < -0.3 is 18.9 Å². The largest absolute Gasteiger partial charge is 0.497 e. The molecular weight excluding hydrogens is 324 g/mol. The monoisotopic (exact) mass is 350 g/mol. The average Bonchev–Trinajstić information content (AvgIpc) is 3.16. The zero-order valence-corrected chi connectivity index (χ0v) is 14.8. The molecule has 1 atom stereocenters. The number of aliphatic imine (C=N–C) groups is 1. The van der Waals surface area contributed by atoms with Gasteiger partial charge in [0.2, 0.25) is 0 Å². The minimum absolute atomic E-state index is 0.0826. The molecule has 0 unspecified atom stereocenters. The summed E-state index contributed by atoms with van der Waals surface area (Å²) in [6.07, 6.45) is 2.09. The third kappa shape index (κ3) is 6.72. The number of benzene rings is 1. The normalized spacial score (nSPS) is 17.4. The molecule has 1 aromatic carbocycles. The molecule has 2 rings (SSSR count). The zero-order chi connectivity index (χ0) is 17.9. The molecule has 7 nitrogen and oxygen atoms in total. The Hall–Kier alpha value is -2.12. The molecule has 0 aliphatic carbocycles. The van der Waals surface area contributed by atoms with E-state index in [9.17, 15) is 4.79 Å². The fourth-order valence-electron chi connectivity index (χ4n) is 2.37. The molecule has 1 N–H and O–H groups in total. The van der Waals surface area contributed by atoms with Gasteiger partial charge in [-0.3, -0.25) is 10.1 Å². The van der Waals surface area contributed by atoms with Crippen LogP contribution in [0.15, 0.2) is 29.3 Å². The fourth-order valence-corrected chi connectivity index (χ4v) is 2.37. The Morgan fingerprint density at radius 3 is 3.00 bits per heavy atom. The van der Waals surface area contributed by atoms with Crippen molar-refractivity contribution in [2.45, 2.75) is 25.9 Å². The molecule has 0 aromatic heterocycles. The first-order chi connectivity index (χ1) is 12.2. The summed E-state index contributed by atoms with van der Waals surface area (Å²) < 4.78 is 21.5. The van der Waals surface area contributed by atoms with Gasteiger partial charge in [-0.2, -0.15) is 0 Å².